The summed E-state index contributed by atoms with van der Waals surface area (Å²) in [5, 5.41) is 4.27. The molecule has 0 bridgehead atoms. The van der Waals surface area contributed by atoms with E-state index in [4.69, 9.17) is 0 Å². The van der Waals surface area contributed by atoms with Crippen molar-refractivity contribution in [2.24, 2.45) is 0 Å². The van der Waals surface area contributed by atoms with Gasteiger partial charge in [-0.25, -0.2) is 19.3 Å². The first-order valence-corrected chi connectivity index (χ1v) is 9.23. The molecule has 0 aliphatic carbocycles. The number of fused-ring (bicyclic) bond motifs is 2. The van der Waals surface area contributed by atoms with Crippen LogP contribution in [0.15, 0.2) is 24.7 Å². The van der Waals surface area contributed by atoms with Gasteiger partial charge in [0.25, 0.3) is 0 Å². The molecule has 0 saturated carbocycles. The summed E-state index contributed by atoms with van der Waals surface area (Å²) in [6.45, 7) is 5.59. The molecule has 1 fully saturated rings. The highest BCUT2D eigenvalue weighted by atomic mass is 32.1. The van der Waals surface area contributed by atoms with Gasteiger partial charge < -0.3 is 14.6 Å². The quantitative estimate of drug-likeness (QED) is 0.584. The maximum absolute atomic E-state index is 14.4. The van der Waals surface area contributed by atoms with Gasteiger partial charge in [-0.1, -0.05) is 11.3 Å². The summed E-state index contributed by atoms with van der Waals surface area (Å²) >= 11 is 1.53. The molecule has 1 aliphatic rings. The van der Waals surface area contributed by atoms with E-state index >= 15 is 0 Å². The fraction of sp³-hybridized carbons (Fsp3) is 0.294. The summed E-state index contributed by atoms with van der Waals surface area (Å²) in [5.74, 6) is -0.372. The van der Waals surface area contributed by atoms with Gasteiger partial charge in [-0.15, -0.1) is 0 Å². The highest BCUT2D eigenvalue weighted by Gasteiger charge is 2.17. The third kappa shape index (κ3) is 2.60. The first-order valence-electron chi connectivity index (χ1n) is 8.42. The second kappa shape index (κ2) is 5.96. The average Bonchev–Trinajstić information content (AvgIpc) is 3.24. The Hall–Kier alpha value is -2.65. The van der Waals surface area contributed by atoms with Crippen LogP contribution in [0.2, 0.25) is 0 Å². The highest BCUT2D eigenvalue weighted by Crippen LogP contribution is 2.29. The molecule has 7 nitrogen and oxygen atoms in total. The van der Waals surface area contributed by atoms with Crippen LogP contribution in [-0.2, 0) is 0 Å². The number of nitrogens with zero attached hydrogens (tertiary/aromatic N) is 6. The van der Waals surface area contributed by atoms with E-state index in [0.717, 1.165) is 41.8 Å². The molecule has 1 N–H and O–H groups in total. The monoisotopic (exact) mass is 369 g/mol. The van der Waals surface area contributed by atoms with Crippen LogP contribution in [0.4, 0.5) is 9.52 Å². The van der Waals surface area contributed by atoms with Crippen molar-refractivity contribution in [1.29, 1.82) is 0 Å². The Balaban J connectivity index is 1.56. The number of anilines is 1. The number of piperazine rings is 1. The van der Waals surface area contributed by atoms with E-state index in [9.17, 15) is 4.39 Å². The van der Waals surface area contributed by atoms with Crippen molar-refractivity contribution in [2.45, 2.75) is 6.92 Å². The van der Waals surface area contributed by atoms with Crippen LogP contribution >= 0.6 is 11.3 Å². The number of halogens is 1. The van der Waals surface area contributed by atoms with Crippen LogP contribution in [0.5, 0.6) is 0 Å². The number of hydrogen-bond donors (Lipinski definition) is 1. The smallest absolute Gasteiger partial charge is 0.191 e. The Kier molecular flexibility index (Phi) is 3.57. The maximum Gasteiger partial charge on any atom is 0.191 e. The van der Waals surface area contributed by atoms with Crippen LogP contribution in [0.1, 0.15) is 5.69 Å². The lowest BCUT2D eigenvalue weighted by Gasteiger charge is -2.26. The topological polar surface area (TPSA) is 71.2 Å². The number of imidazole rings is 1. The van der Waals surface area contributed by atoms with Gasteiger partial charge in [0.2, 0.25) is 0 Å². The Labute approximate surface area is 152 Å². The van der Waals surface area contributed by atoms with Crippen LogP contribution in [-0.4, -0.2) is 50.5 Å². The number of aromatic nitrogens is 5. The zero-order valence-corrected chi connectivity index (χ0v) is 14.9. The summed E-state index contributed by atoms with van der Waals surface area (Å²) in [7, 11) is 0. The molecule has 0 atom stereocenters. The van der Waals surface area contributed by atoms with Crippen molar-refractivity contribution >= 4 is 32.6 Å². The molecule has 132 valence electrons. The Bertz CT molecular complexity index is 1110. The molecule has 1 aliphatic heterocycles. The van der Waals surface area contributed by atoms with E-state index in [1.807, 2.05) is 13.1 Å². The van der Waals surface area contributed by atoms with Crippen molar-refractivity contribution in [2.75, 3.05) is 31.1 Å². The molecule has 0 aromatic carbocycles. The molecule has 0 spiro atoms. The number of rotatable bonds is 2. The lowest BCUT2D eigenvalue weighted by atomic mass is 10.2. The molecular weight excluding hydrogens is 353 g/mol. The summed E-state index contributed by atoms with van der Waals surface area (Å²) in [4.78, 5) is 20.9. The van der Waals surface area contributed by atoms with E-state index in [1.54, 1.807) is 16.8 Å². The van der Waals surface area contributed by atoms with Crippen molar-refractivity contribution in [3.05, 3.63) is 36.2 Å². The standard InChI is InChI=1S/C17H16FN7S/c1-10-8-25-9-11(6-12(18)15(25)21-10)13-7-20-14-16(22-13)26-17(23-14)24-4-2-19-3-5-24/h6-9,19H,2-5H2,1H3. The van der Waals surface area contributed by atoms with Gasteiger partial charge in [0.1, 0.15) is 0 Å². The highest BCUT2D eigenvalue weighted by molar-refractivity contribution is 7.21. The lowest BCUT2D eigenvalue weighted by Crippen LogP contribution is -2.43. The molecule has 26 heavy (non-hydrogen) atoms. The van der Waals surface area contributed by atoms with E-state index in [-0.39, 0.29) is 5.82 Å². The molecule has 9 heteroatoms. The average molecular weight is 369 g/mol. The van der Waals surface area contributed by atoms with E-state index in [1.165, 1.54) is 17.4 Å². The second-order valence-corrected chi connectivity index (χ2v) is 7.26. The van der Waals surface area contributed by atoms with Gasteiger partial charge in [-0.3, -0.25) is 0 Å². The summed E-state index contributed by atoms with van der Waals surface area (Å²) < 4.78 is 16.0. The van der Waals surface area contributed by atoms with Crippen molar-refractivity contribution < 1.29 is 4.39 Å². The Morgan fingerprint density at radius 1 is 1.15 bits per heavy atom. The van der Waals surface area contributed by atoms with Crippen molar-refractivity contribution in [3.8, 4) is 11.3 Å². The third-order valence-corrected chi connectivity index (χ3v) is 5.42. The maximum atomic E-state index is 14.4. The summed E-state index contributed by atoms with van der Waals surface area (Å²) in [5.41, 5.74) is 3.01. The predicted octanol–water partition coefficient (Wildman–Crippen LogP) is 2.26. The molecular formula is C17H16FN7S. The summed E-state index contributed by atoms with van der Waals surface area (Å²) in [6.07, 6.45) is 5.27. The number of aryl methyl sites for hydroxylation is 1. The van der Waals surface area contributed by atoms with Gasteiger partial charge in [0, 0.05) is 44.1 Å². The van der Waals surface area contributed by atoms with Gasteiger partial charge in [0.15, 0.2) is 27.1 Å². The van der Waals surface area contributed by atoms with E-state index < -0.39 is 0 Å². The second-order valence-electron chi connectivity index (χ2n) is 6.31. The molecule has 1 saturated heterocycles. The normalized spacial score (nSPS) is 15.2. The Morgan fingerprint density at radius 3 is 2.85 bits per heavy atom. The number of pyridine rings is 1. The summed E-state index contributed by atoms with van der Waals surface area (Å²) in [6, 6.07) is 1.45. The van der Waals surface area contributed by atoms with Gasteiger partial charge in [-0.05, 0) is 13.0 Å². The first kappa shape index (κ1) is 15.6. The van der Waals surface area contributed by atoms with Crippen molar-refractivity contribution in [1.82, 2.24) is 29.7 Å². The lowest BCUT2D eigenvalue weighted by molar-refractivity contribution is 0.588. The molecule has 5 rings (SSSR count). The molecule has 5 heterocycles. The fourth-order valence-corrected chi connectivity index (χ4v) is 4.11. The SMILES string of the molecule is Cc1cn2cc(-c3cnc4nc(N5CCNCC5)sc4n3)cc(F)c2n1. The molecule has 4 aromatic rings. The number of nitrogens with one attached hydrogen (secondary N) is 1. The molecule has 0 amide bonds. The van der Waals surface area contributed by atoms with E-state index in [2.05, 4.69) is 30.2 Å². The minimum Gasteiger partial charge on any atom is -0.345 e. The molecule has 0 radical (unpaired) electrons. The first-order chi connectivity index (χ1) is 12.7. The zero-order chi connectivity index (χ0) is 17.7. The fourth-order valence-electron chi connectivity index (χ4n) is 3.16. The minimum absolute atomic E-state index is 0.319. The number of thiazole rings is 1. The van der Waals surface area contributed by atoms with Crippen LogP contribution in [0, 0.1) is 12.7 Å². The largest absolute Gasteiger partial charge is 0.345 e. The number of hydrogen-bond acceptors (Lipinski definition) is 7. The zero-order valence-electron chi connectivity index (χ0n) is 14.1. The van der Waals surface area contributed by atoms with Gasteiger partial charge >= 0.3 is 0 Å². The van der Waals surface area contributed by atoms with Gasteiger partial charge in [0.05, 0.1) is 17.6 Å². The van der Waals surface area contributed by atoms with Crippen molar-refractivity contribution in [3.63, 3.8) is 0 Å². The van der Waals surface area contributed by atoms with Crippen LogP contribution in [0.3, 0.4) is 0 Å². The van der Waals surface area contributed by atoms with Gasteiger partial charge in [-0.2, -0.15) is 4.98 Å². The Morgan fingerprint density at radius 2 is 2.00 bits per heavy atom. The minimum atomic E-state index is -0.372. The predicted molar refractivity (Wildman–Crippen MR) is 99.2 cm³/mol. The molecule has 4 aromatic heterocycles. The third-order valence-electron chi connectivity index (χ3n) is 4.42. The molecule has 0 unspecified atom stereocenters. The van der Waals surface area contributed by atoms with E-state index in [0.29, 0.717) is 22.6 Å². The van der Waals surface area contributed by atoms with Crippen LogP contribution < -0.4 is 10.2 Å². The van der Waals surface area contributed by atoms with Crippen LogP contribution in [0.25, 0.3) is 27.4 Å².